The minimum atomic E-state index is 0.909. The smallest absolute Gasteiger partial charge is 0.122 e. The molecule has 2 aromatic rings. The van der Waals surface area contributed by atoms with Gasteiger partial charge in [-0.15, -0.1) is 0 Å². The molecule has 2 nitrogen and oxygen atoms in total. The van der Waals surface area contributed by atoms with Gasteiger partial charge in [0.05, 0.1) is 7.11 Å². The van der Waals surface area contributed by atoms with E-state index in [1.165, 1.54) is 16.7 Å². The summed E-state index contributed by atoms with van der Waals surface area (Å²) < 4.78 is 5.39. The lowest BCUT2D eigenvalue weighted by Gasteiger charge is -2.11. The van der Waals surface area contributed by atoms with Gasteiger partial charge in [-0.3, -0.25) is 0 Å². The van der Waals surface area contributed by atoms with Crippen LogP contribution in [0.15, 0.2) is 48.5 Å². The maximum Gasteiger partial charge on any atom is 0.122 e. The third-order valence-electron chi connectivity index (χ3n) is 3.11. The Morgan fingerprint density at radius 3 is 2.16 bits per heavy atom. The molecule has 100 valence electrons. The average Bonchev–Trinajstić information content (AvgIpc) is 2.41. The molecular weight excluding hydrogens is 234 g/mol. The van der Waals surface area contributed by atoms with Gasteiger partial charge in [-0.05, 0) is 36.9 Å². The second-order valence-electron chi connectivity index (χ2n) is 5.04. The van der Waals surface area contributed by atoms with Crippen LogP contribution < -0.4 is 4.74 Å². The number of rotatable bonds is 5. The number of nitrogens with zero attached hydrogens (tertiary/aromatic N) is 1. The minimum absolute atomic E-state index is 0.909. The van der Waals surface area contributed by atoms with Gasteiger partial charge in [0.2, 0.25) is 0 Å². The van der Waals surface area contributed by atoms with E-state index in [0.29, 0.717) is 0 Å². The zero-order chi connectivity index (χ0) is 13.7. The highest BCUT2D eigenvalue weighted by molar-refractivity contribution is 5.38. The number of benzene rings is 2. The van der Waals surface area contributed by atoms with Crippen molar-refractivity contribution in [3.05, 3.63) is 65.2 Å². The van der Waals surface area contributed by atoms with Crippen LogP contribution in [0, 0.1) is 0 Å². The zero-order valence-corrected chi connectivity index (χ0v) is 11.9. The molecule has 0 N–H and O–H groups in total. The molecule has 0 amide bonds. The monoisotopic (exact) mass is 255 g/mol. The van der Waals surface area contributed by atoms with Crippen molar-refractivity contribution in [3.8, 4) is 5.75 Å². The van der Waals surface area contributed by atoms with Gasteiger partial charge in [0, 0.05) is 13.0 Å². The average molecular weight is 255 g/mol. The molecule has 2 aromatic carbocycles. The first-order chi connectivity index (χ1) is 9.19. The first kappa shape index (κ1) is 13.6. The molecule has 0 heterocycles. The van der Waals surface area contributed by atoms with Gasteiger partial charge in [0.25, 0.3) is 0 Å². The van der Waals surface area contributed by atoms with Crippen LogP contribution in [0.3, 0.4) is 0 Å². The summed E-state index contributed by atoms with van der Waals surface area (Å²) in [5, 5.41) is 0. The Balaban J connectivity index is 2.11. The van der Waals surface area contributed by atoms with Crippen LogP contribution in [0.25, 0.3) is 0 Å². The molecule has 0 fully saturated rings. The third-order valence-corrected chi connectivity index (χ3v) is 3.11. The Hall–Kier alpha value is -1.80. The second kappa shape index (κ2) is 6.39. The first-order valence-electron chi connectivity index (χ1n) is 6.53. The van der Waals surface area contributed by atoms with E-state index in [0.717, 1.165) is 18.7 Å². The largest absolute Gasteiger partial charge is 0.496 e. The molecular formula is C17H21NO. The lowest BCUT2D eigenvalue weighted by molar-refractivity contribution is 0.402. The van der Waals surface area contributed by atoms with Crippen molar-refractivity contribution in [1.29, 1.82) is 0 Å². The lowest BCUT2D eigenvalue weighted by atomic mass is 10.0. The van der Waals surface area contributed by atoms with Crippen LogP contribution >= 0.6 is 0 Å². The fourth-order valence-electron chi connectivity index (χ4n) is 2.20. The molecule has 2 rings (SSSR count). The molecule has 0 unspecified atom stereocenters. The van der Waals surface area contributed by atoms with Crippen molar-refractivity contribution in [2.24, 2.45) is 0 Å². The Labute approximate surface area is 115 Å². The van der Waals surface area contributed by atoms with Crippen LogP contribution in [0.5, 0.6) is 5.75 Å². The molecule has 2 heteroatoms. The fraction of sp³-hybridized carbons (Fsp3) is 0.294. The molecule has 0 radical (unpaired) electrons. The van der Waals surface area contributed by atoms with Gasteiger partial charge in [-0.25, -0.2) is 0 Å². The van der Waals surface area contributed by atoms with Crippen molar-refractivity contribution in [3.63, 3.8) is 0 Å². The number of methoxy groups -OCH3 is 1. The summed E-state index contributed by atoms with van der Waals surface area (Å²) in [5.74, 6) is 0.958. The van der Waals surface area contributed by atoms with E-state index in [1.54, 1.807) is 7.11 Å². The number of ether oxygens (including phenoxy) is 1. The Morgan fingerprint density at radius 1 is 0.895 bits per heavy atom. The number of para-hydroxylation sites is 1. The molecule has 0 aliphatic rings. The van der Waals surface area contributed by atoms with Crippen LogP contribution in [-0.4, -0.2) is 26.1 Å². The van der Waals surface area contributed by atoms with E-state index in [4.69, 9.17) is 4.74 Å². The zero-order valence-electron chi connectivity index (χ0n) is 11.9. The SMILES string of the molecule is COc1ccccc1Cc1ccc(CN(C)C)cc1. The predicted octanol–water partition coefficient (Wildman–Crippen LogP) is 3.35. The topological polar surface area (TPSA) is 12.5 Å². The van der Waals surface area contributed by atoms with Gasteiger partial charge < -0.3 is 9.64 Å². The predicted molar refractivity (Wildman–Crippen MR) is 79.6 cm³/mol. The minimum Gasteiger partial charge on any atom is -0.496 e. The van der Waals surface area contributed by atoms with Crippen LogP contribution in [0.4, 0.5) is 0 Å². The molecule has 0 aliphatic heterocycles. The summed E-state index contributed by atoms with van der Waals surface area (Å²) in [7, 11) is 5.89. The van der Waals surface area contributed by atoms with Gasteiger partial charge in [0.15, 0.2) is 0 Å². The molecule has 0 bridgehead atoms. The molecule has 19 heavy (non-hydrogen) atoms. The van der Waals surface area contributed by atoms with Crippen molar-refractivity contribution in [2.45, 2.75) is 13.0 Å². The maximum absolute atomic E-state index is 5.39. The number of hydrogen-bond donors (Lipinski definition) is 0. The summed E-state index contributed by atoms with van der Waals surface area (Å²) >= 11 is 0. The van der Waals surface area contributed by atoms with Crippen LogP contribution in [0.1, 0.15) is 16.7 Å². The summed E-state index contributed by atoms with van der Waals surface area (Å²) in [6.07, 6.45) is 0.909. The van der Waals surface area contributed by atoms with E-state index in [1.807, 2.05) is 12.1 Å². The standard InChI is InChI=1S/C17H21NO/c1-18(2)13-15-10-8-14(9-11-15)12-16-6-4-5-7-17(16)19-3/h4-11H,12-13H2,1-3H3. The van der Waals surface area contributed by atoms with Gasteiger partial charge in [-0.1, -0.05) is 42.5 Å². The Morgan fingerprint density at radius 2 is 1.53 bits per heavy atom. The van der Waals surface area contributed by atoms with Crippen molar-refractivity contribution >= 4 is 0 Å². The highest BCUT2D eigenvalue weighted by atomic mass is 16.5. The second-order valence-corrected chi connectivity index (χ2v) is 5.04. The summed E-state index contributed by atoms with van der Waals surface area (Å²) in [5.41, 5.74) is 3.88. The van der Waals surface area contributed by atoms with Gasteiger partial charge in [-0.2, -0.15) is 0 Å². The van der Waals surface area contributed by atoms with E-state index in [9.17, 15) is 0 Å². The Bertz CT molecular complexity index is 517. The highest BCUT2D eigenvalue weighted by Crippen LogP contribution is 2.21. The van der Waals surface area contributed by atoms with E-state index < -0.39 is 0 Å². The summed E-state index contributed by atoms with van der Waals surface area (Å²) in [4.78, 5) is 2.18. The highest BCUT2D eigenvalue weighted by Gasteiger charge is 2.03. The maximum atomic E-state index is 5.39. The van der Waals surface area contributed by atoms with Crippen LogP contribution in [0.2, 0.25) is 0 Å². The van der Waals surface area contributed by atoms with Crippen molar-refractivity contribution < 1.29 is 4.74 Å². The normalized spacial score (nSPS) is 10.7. The lowest BCUT2D eigenvalue weighted by Crippen LogP contribution is -2.10. The van der Waals surface area contributed by atoms with E-state index >= 15 is 0 Å². The van der Waals surface area contributed by atoms with Crippen LogP contribution in [-0.2, 0) is 13.0 Å². The van der Waals surface area contributed by atoms with Crippen molar-refractivity contribution in [1.82, 2.24) is 4.90 Å². The summed E-state index contributed by atoms with van der Waals surface area (Å²) in [6.45, 7) is 0.981. The number of hydrogen-bond acceptors (Lipinski definition) is 2. The fourth-order valence-corrected chi connectivity index (χ4v) is 2.20. The van der Waals surface area contributed by atoms with Crippen molar-refractivity contribution in [2.75, 3.05) is 21.2 Å². The molecule has 0 spiro atoms. The van der Waals surface area contributed by atoms with E-state index in [-0.39, 0.29) is 0 Å². The Kier molecular flexibility index (Phi) is 4.58. The van der Waals surface area contributed by atoms with E-state index in [2.05, 4.69) is 55.4 Å². The quantitative estimate of drug-likeness (QED) is 0.812. The molecule has 0 aromatic heterocycles. The first-order valence-corrected chi connectivity index (χ1v) is 6.53. The molecule has 0 saturated carbocycles. The van der Waals surface area contributed by atoms with Gasteiger partial charge in [0.1, 0.15) is 5.75 Å². The molecule has 0 aliphatic carbocycles. The van der Waals surface area contributed by atoms with Gasteiger partial charge >= 0.3 is 0 Å². The molecule has 0 saturated heterocycles. The molecule has 0 atom stereocenters. The summed E-state index contributed by atoms with van der Waals surface area (Å²) in [6, 6.07) is 17.0. The third kappa shape index (κ3) is 3.83.